The number of carboxylic acid groups (broad SMARTS) is 1. The van der Waals surface area contributed by atoms with Gasteiger partial charge in [0.1, 0.15) is 0 Å². The van der Waals surface area contributed by atoms with E-state index >= 15 is 0 Å². The average Bonchev–Trinajstić information content (AvgIpc) is 2.41. The molecule has 6 heteroatoms. The molecule has 5 nitrogen and oxygen atoms in total. The highest BCUT2D eigenvalue weighted by Gasteiger charge is 2.17. The molecule has 0 saturated heterocycles. The molecule has 0 unspecified atom stereocenters. The lowest BCUT2D eigenvalue weighted by Gasteiger charge is -2.17. The average molecular weight is 298 g/mol. The predicted octanol–water partition coefficient (Wildman–Crippen LogP) is 1.75. The minimum absolute atomic E-state index is 0.0673. The normalized spacial score (nSPS) is 10.8. The van der Waals surface area contributed by atoms with Gasteiger partial charge in [0, 0.05) is 17.8 Å². The maximum absolute atomic E-state index is 12.1. The van der Waals surface area contributed by atoms with E-state index in [-0.39, 0.29) is 12.1 Å². The molecule has 0 aliphatic carbocycles. The highest BCUT2D eigenvalue weighted by Crippen LogP contribution is 2.14. The Labute approximate surface area is 123 Å². The van der Waals surface area contributed by atoms with Crippen LogP contribution >= 0.6 is 11.8 Å². The van der Waals surface area contributed by atoms with Crippen LogP contribution in [-0.2, 0) is 30.6 Å². The van der Waals surface area contributed by atoms with Crippen LogP contribution in [0.4, 0.5) is 0 Å². The van der Waals surface area contributed by atoms with E-state index < -0.39 is 5.97 Å². The molecule has 1 N–H and O–H groups in total. The van der Waals surface area contributed by atoms with Crippen LogP contribution in [0, 0.1) is 0 Å². The van der Waals surface area contributed by atoms with Crippen molar-refractivity contribution in [2.45, 2.75) is 46.1 Å². The summed E-state index contributed by atoms with van der Waals surface area (Å²) in [6, 6.07) is 0. The fourth-order valence-electron chi connectivity index (χ4n) is 2.34. The second-order valence-electron chi connectivity index (χ2n) is 4.54. The summed E-state index contributed by atoms with van der Waals surface area (Å²) in [6.07, 6.45) is 4.07. The van der Waals surface area contributed by atoms with Crippen molar-refractivity contribution in [3.63, 3.8) is 0 Å². The lowest BCUT2D eigenvalue weighted by Crippen LogP contribution is -2.30. The second-order valence-corrected chi connectivity index (χ2v) is 5.53. The molecule has 0 aliphatic rings. The smallest absolute Gasteiger partial charge is 0.347 e. The lowest BCUT2D eigenvalue weighted by molar-refractivity contribution is -0.136. The van der Waals surface area contributed by atoms with Crippen molar-refractivity contribution >= 4 is 17.7 Å². The van der Waals surface area contributed by atoms with Gasteiger partial charge in [-0.1, -0.05) is 13.8 Å². The SMILES string of the molecule is CCc1nc(=O)n(CCCSC)c(CC)c1CC(=O)O. The van der Waals surface area contributed by atoms with Crippen LogP contribution in [0.25, 0.3) is 0 Å². The lowest BCUT2D eigenvalue weighted by atomic mass is 10.0. The minimum atomic E-state index is -0.884. The number of nitrogens with zero attached hydrogens (tertiary/aromatic N) is 2. The van der Waals surface area contributed by atoms with Gasteiger partial charge in [0.25, 0.3) is 0 Å². The van der Waals surface area contributed by atoms with Crippen LogP contribution in [-0.4, -0.2) is 32.6 Å². The number of hydrogen-bond donors (Lipinski definition) is 1. The minimum Gasteiger partial charge on any atom is -0.481 e. The number of carboxylic acids is 1. The zero-order valence-corrected chi connectivity index (χ0v) is 13.1. The van der Waals surface area contributed by atoms with Crippen LogP contribution in [0.15, 0.2) is 4.79 Å². The molecule has 0 radical (unpaired) electrons. The molecule has 1 aromatic heterocycles. The van der Waals surface area contributed by atoms with Gasteiger partial charge < -0.3 is 5.11 Å². The first-order valence-corrected chi connectivity index (χ1v) is 8.26. The van der Waals surface area contributed by atoms with Crippen molar-refractivity contribution in [3.05, 3.63) is 27.4 Å². The number of thioether (sulfide) groups is 1. The van der Waals surface area contributed by atoms with Crippen molar-refractivity contribution in [2.75, 3.05) is 12.0 Å². The molecule has 0 saturated carbocycles. The monoisotopic (exact) mass is 298 g/mol. The molecule has 0 aliphatic heterocycles. The summed E-state index contributed by atoms with van der Waals surface area (Å²) < 4.78 is 1.65. The Morgan fingerprint density at radius 1 is 1.35 bits per heavy atom. The van der Waals surface area contributed by atoms with Gasteiger partial charge in [0.05, 0.1) is 12.1 Å². The zero-order valence-electron chi connectivity index (χ0n) is 12.3. The van der Waals surface area contributed by atoms with E-state index in [4.69, 9.17) is 5.11 Å². The highest BCUT2D eigenvalue weighted by atomic mass is 32.2. The fourth-order valence-corrected chi connectivity index (χ4v) is 2.76. The Morgan fingerprint density at radius 2 is 2.05 bits per heavy atom. The number of carbonyl (C=O) groups is 1. The molecule has 112 valence electrons. The van der Waals surface area contributed by atoms with Gasteiger partial charge in [-0.2, -0.15) is 16.7 Å². The molecule has 0 bridgehead atoms. The molecule has 20 heavy (non-hydrogen) atoms. The summed E-state index contributed by atoms with van der Waals surface area (Å²) in [4.78, 5) is 27.2. The molecule has 0 spiro atoms. The van der Waals surface area contributed by atoms with Crippen LogP contribution < -0.4 is 5.69 Å². The first-order chi connectivity index (χ1) is 9.54. The Morgan fingerprint density at radius 3 is 2.55 bits per heavy atom. The number of aliphatic carboxylic acids is 1. The number of aromatic nitrogens is 2. The topological polar surface area (TPSA) is 72.2 Å². The summed E-state index contributed by atoms with van der Waals surface area (Å²) in [7, 11) is 0. The number of rotatable bonds is 8. The van der Waals surface area contributed by atoms with Gasteiger partial charge in [-0.15, -0.1) is 0 Å². The molecule has 0 atom stereocenters. The van der Waals surface area contributed by atoms with Crippen molar-refractivity contribution in [1.82, 2.24) is 9.55 Å². The van der Waals surface area contributed by atoms with Gasteiger partial charge in [-0.05, 0) is 31.3 Å². The predicted molar refractivity (Wildman–Crippen MR) is 81.6 cm³/mol. The van der Waals surface area contributed by atoms with Crippen LogP contribution in [0.2, 0.25) is 0 Å². The Hall–Kier alpha value is -1.30. The molecule has 0 aromatic carbocycles. The van der Waals surface area contributed by atoms with Crippen LogP contribution in [0.3, 0.4) is 0 Å². The maximum atomic E-state index is 12.1. The van der Waals surface area contributed by atoms with E-state index in [1.165, 1.54) is 0 Å². The van der Waals surface area contributed by atoms with Gasteiger partial charge >= 0.3 is 11.7 Å². The third kappa shape index (κ3) is 4.10. The largest absolute Gasteiger partial charge is 0.481 e. The van der Waals surface area contributed by atoms with Gasteiger partial charge in [-0.3, -0.25) is 9.36 Å². The molecule has 1 heterocycles. The Kier molecular flexibility index (Phi) is 6.78. The van der Waals surface area contributed by atoms with Crippen LogP contribution in [0.5, 0.6) is 0 Å². The van der Waals surface area contributed by atoms with E-state index in [1.807, 2.05) is 20.1 Å². The Balaban J connectivity index is 3.28. The first-order valence-electron chi connectivity index (χ1n) is 6.87. The van der Waals surface area contributed by atoms with E-state index in [1.54, 1.807) is 16.3 Å². The second kappa shape index (κ2) is 8.09. The van der Waals surface area contributed by atoms with Crippen molar-refractivity contribution in [3.8, 4) is 0 Å². The standard InChI is InChI=1S/C14H22N2O3S/c1-4-11-10(9-13(17)18)12(5-2)16(14(19)15-11)7-6-8-20-3/h4-9H2,1-3H3,(H,17,18). The summed E-state index contributed by atoms with van der Waals surface area (Å²) in [5, 5.41) is 9.06. The summed E-state index contributed by atoms with van der Waals surface area (Å²) in [5.41, 5.74) is 1.90. The third-order valence-corrected chi connectivity index (χ3v) is 3.91. The highest BCUT2D eigenvalue weighted by molar-refractivity contribution is 7.98. The van der Waals surface area contributed by atoms with E-state index in [2.05, 4.69) is 4.98 Å². The molecule has 0 amide bonds. The fraction of sp³-hybridized carbons (Fsp3) is 0.643. The number of aryl methyl sites for hydroxylation is 1. The first kappa shape index (κ1) is 16.8. The van der Waals surface area contributed by atoms with Crippen LogP contribution in [0.1, 0.15) is 37.2 Å². The third-order valence-electron chi connectivity index (χ3n) is 3.21. The van der Waals surface area contributed by atoms with Crippen molar-refractivity contribution in [1.29, 1.82) is 0 Å². The molecular weight excluding hydrogens is 276 g/mol. The number of hydrogen-bond acceptors (Lipinski definition) is 4. The van der Waals surface area contributed by atoms with E-state index in [0.29, 0.717) is 30.6 Å². The molecule has 1 aromatic rings. The maximum Gasteiger partial charge on any atom is 0.347 e. The van der Waals surface area contributed by atoms with Gasteiger partial charge in [0.15, 0.2) is 0 Å². The van der Waals surface area contributed by atoms with Gasteiger partial charge in [0.2, 0.25) is 0 Å². The van der Waals surface area contributed by atoms with E-state index in [0.717, 1.165) is 17.9 Å². The summed E-state index contributed by atoms with van der Waals surface area (Å²) >= 11 is 1.73. The summed E-state index contributed by atoms with van der Waals surface area (Å²) in [5.74, 6) is 0.0878. The molecule has 0 fully saturated rings. The van der Waals surface area contributed by atoms with Gasteiger partial charge in [-0.25, -0.2) is 4.79 Å². The quantitative estimate of drug-likeness (QED) is 0.740. The summed E-state index contributed by atoms with van der Waals surface area (Å²) in [6.45, 7) is 4.45. The van der Waals surface area contributed by atoms with E-state index in [9.17, 15) is 9.59 Å². The zero-order chi connectivity index (χ0) is 15.1. The Bertz CT molecular complexity index is 526. The molecule has 1 rings (SSSR count). The van der Waals surface area contributed by atoms with Crippen molar-refractivity contribution in [2.24, 2.45) is 0 Å². The molecular formula is C14H22N2O3S. The van der Waals surface area contributed by atoms with Crippen molar-refractivity contribution < 1.29 is 9.90 Å².